The van der Waals surface area contributed by atoms with Gasteiger partial charge in [0, 0.05) is 58.0 Å². The summed E-state index contributed by atoms with van der Waals surface area (Å²) in [5.74, 6) is 2.45. The van der Waals surface area contributed by atoms with Crippen LogP contribution in [-0.2, 0) is 18.7 Å². The van der Waals surface area contributed by atoms with Crippen molar-refractivity contribution >= 4 is 16.6 Å². The Morgan fingerprint density at radius 2 is 1.18 bits per heavy atom. The number of aromatic nitrogens is 1. The standard InChI is InChI=1S/C41H30N2O2/c1-3-13-28(14-4-1)26-43(27-29-15-5-2-6-16-29)30-23-24-34-38(25-30)44-37-22-12-9-19-33(37)41(34)39-31-17-7-10-20-35(31)42-40(39)32-18-8-11-21-36(32)45-41/h1-25,42H,26-27H2. The molecule has 0 bridgehead atoms. The molecule has 0 radical (unpaired) electrons. The van der Waals surface area contributed by atoms with Crippen LogP contribution in [0.15, 0.2) is 152 Å². The number of rotatable bonds is 5. The zero-order valence-electron chi connectivity index (χ0n) is 24.6. The lowest BCUT2D eigenvalue weighted by atomic mass is 9.74. The summed E-state index contributed by atoms with van der Waals surface area (Å²) in [5, 5.41) is 1.14. The van der Waals surface area contributed by atoms with Gasteiger partial charge >= 0.3 is 0 Å². The van der Waals surface area contributed by atoms with Crippen molar-refractivity contribution in [2.45, 2.75) is 18.7 Å². The van der Waals surface area contributed by atoms with Crippen LogP contribution in [0.25, 0.3) is 22.2 Å². The molecule has 3 heterocycles. The summed E-state index contributed by atoms with van der Waals surface area (Å²) in [6.07, 6.45) is 0. The lowest BCUT2D eigenvalue weighted by Gasteiger charge is -2.43. The van der Waals surface area contributed by atoms with E-state index in [-0.39, 0.29) is 0 Å². The zero-order chi connectivity index (χ0) is 29.8. The van der Waals surface area contributed by atoms with Gasteiger partial charge in [-0.05, 0) is 47.5 Å². The van der Waals surface area contributed by atoms with Crippen LogP contribution in [0.5, 0.6) is 17.2 Å². The normalized spacial score (nSPS) is 15.7. The molecule has 4 heteroatoms. The van der Waals surface area contributed by atoms with Crippen molar-refractivity contribution in [3.05, 3.63) is 179 Å². The maximum absolute atomic E-state index is 7.28. The van der Waals surface area contributed by atoms with Gasteiger partial charge in [-0.3, -0.25) is 0 Å². The number of aromatic amines is 1. The first-order valence-electron chi connectivity index (χ1n) is 15.4. The summed E-state index contributed by atoms with van der Waals surface area (Å²) in [6, 6.07) is 53.0. The first kappa shape index (κ1) is 25.7. The van der Waals surface area contributed by atoms with Crippen molar-refractivity contribution in [1.82, 2.24) is 4.98 Å². The molecule has 1 unspecified atom stereocenters. The Kier molecular flexibility index (Phi) is 5.82. The minimum atomic E-state index is -0.907. The summed E-state index contributed by atoms with van der Waals surface area (Å²) >= 11 is 0. The van der Waals surface area contributed by atoms with Crippen LogP contribution < -0.4 is 14.4 Å². The van der Waals surface area contributed by atoms with Crippen molar-refractivity contribution in [2.24, 2.45) is 0 Å². The molecule has 2 aliphatic rings. The van der Waals surface area contributed by atoms with E-state index in [1.54, 1.807) is 0 Å². The quantitative estimate of drug-likeness (QED) is 0.220. The third-order valence-corrected chi connectivity index (χ3v) is 9.11. The average Bonchev–Trinajstić information content (AvgIpc) is 3.50. The van der Waals surface area contributed by atoms with Crippen molar-refractivity contribution in [3.63, 3.8) is 0 Å². The number of hydrogen-bond acceptors (Lipinski definition) is 3. The summed E-state index contributed by atoms with van der Waals surface area (Å²) in [6.45, 7) is 1.54. The second-order valence-corrected chi connectivity index (χ2v) is 11.8. The molecule has 0 aliphatic carbocycles. The Balaban J connectivity index is 1.26. The summed E-state index contributed by atoms with van der Waals surface area (Å²) in [5.41, 5.74) is 9.03. The molecule has 1 spiro atoms. The molecule has 7 aromatic rings. The largest absolute Gasteiger partial charge is 0.472 e. The van der Waals surface area contributed by atoms with Crippen LogP contribution in [0.4, 0.5) is 5.69 Å². The maximum atomic E-state index is 7.28. The molecule has 1 atom stereocenters. The van der Waals surface area contributed by atoms with Gasteiger partial charge in [-0.15, -0.1) is 0 Å². The lowest BCUT2D eigenvalue weighted by Crippen LogP contribution is -2.40. The van der Waals surface area contributed by atoms with Crippen LogP contribution in [0.1, 0.15) is 27.8 Å². The number of nitrogens with zero attached hydrogens (tertiary/aromatic N) is 1. The summed E-state index contributed by atoms with van der Waals surface area (Å²) < 4.78 is 14.1. The van der Waals surface area contributed by atoms with Crippen LogP contribution in [0.3, 0.4) is 0 Å². The van der Waals surface area contributed by atoms with Gasteiger partial charge in [0.15, 0.2) is 5.60 Å². The minimum Gasteiger partial charge on any atom is -0.472 e. The highest BCUT2D eigenvalue weighted by Crippen LogP contribution is 2.59. The van der Waals surface area contributed by atoms with Gasteiger partial charge in [0.05, 0.1) is 5.69 Å². The molecule has 2 aliphatic heterocycles. The topological polar surface area (TPSA) is 37.5 Å². The number of hydrogen-bond donors (Lipinski definition) is 1. The van der Waals surface area contributed by atoms with E-state index in [2.05, 4.69) is 149 Å². The number of fused-ring (bicyclic) bond motifs is 10. The fourth-order valence-corrected chi connectivity index (χ4v) is 7.11. The van der Waals surface area contributed by atoms with Crippen molar-refractivity contribution < 1.29 is 9.47 Å². The van der Waals surface area contributed by atoms with E-state index in [4.69, 9.17) is 9.47 Å². The predicted molar refractivity (Wildman–Crippen MR) is 180 cm³/mol. The first-order chi connectivity index (χ1) is 22.3. The van der Waals surface area contributed by atoms with Gasteiger partial charge in [0.25, 0.3) is 0 Å². The van der Waals surface area contributed by atoms with E-state index in [0.717, 1.165) is 74.9 Å². The molecule has 0 saturated carbocycles. The maximum Gasteiger partial charge on any atom is 0.194 e. The Hall–Kier alpha value is -5.74. The Bertz CT molecular complexity index is 2150. The number of benzene rings is 6. The smallest absolute Gasteiger partial charge is 0.194 e. The zero-order valence-corrected chi connectivity index (χ0v) is 24.6. The van der Waals surface area contributed by atoms with Crippen molar-refractivity contribution in [1.29, 1.82) is 0 Å². The van der Waals surface area contributed by atoms with E-state index in [0.29, 0.717) is 0 Å². The molecule has 9 rings (SSSR count). The number of anilines is 1. The van der Waals surface area contributed by atoms with Gasteiger partial charge < -0.3 is 19.4 Å². The van der Waals surface area contributed by atoms with Gasteiger partial charge in [-0.25, -0.2) is 0 Å². The monoisotopic (exact) mass is 582 g/mol. The molecule has 0 fully saturated rings. The highest BCUT2D eigenvalue weighted by atomic mass is 16.5. The van der Waals surface area contributed by atoms with Crippen LogP contribution >= 0.6 is 0 Å². The van der Waals surface area contributed by atoms with E-state index < -0.39 is 5.60 Å². The molecule has 1 N–H and O–H groups in total. The Morgan fingerprint density at radius 1 is 0.556 bits per heavy atom. The molecule has 216 valence electrons. The van der Waals surface area contributed by atoms with Crippen LogP contribution in [0.2, 0.25) is 0 Å². The van der Waals surface area contributed by atoms with E-state index in [9.17, 15) is 0 Å². The van der Waals surface area contributed by atoms with Crippen molar-refractivity contribution in [2.75, 3.05) is 4.90 Å². The highest BCUT2D eigenvalue weighted by Gasteiger charge is 2.51. The molecule has 4 nitrogen and oxygen atoms in total. The number of nitrogens with one attached hydrogen (secondary N) is 1. The molecular formula is C41H30N2O2. The fourth-order valence-electron chi connectivity index (χ4n) is 7.11. The van der Waals surface area contributed by atoms with Gasteiger partial charge in [0.2, 0.25) is 0 Å². The molecule has 0 amide bonds. The fraction of sp³-hybridized carbons (Fsp3) is 0.0732. The summed E-state index contributed by atoms with van der Waals surface area (Å²) in [4.78, 5) is 6.17. The molecule has 6 aromatic carbocycles. The second-order valence-electron chi connectivity index (χ2n) is 11.8. The first-order valence-corrected chi connectivity index (χ1v) is 15.4. The number of para-hydroxylation sites is 3. The van der Waals surface area contributed by atoms with Crippen molar-refractivity contribution in [3.8, 4) is 28.5 Å². The number of ether oxygens (including phenoxy) is 2. The van der Waals surface area contributed by atoms with Gasteiger partial charge in [-0.2, -0.15) is 0 Å². The third-order valence-electron chi connectivity index (χ3n) is 9.11. The van der Waals surface area contributed by atoms with E-state index in [1.807, 2.05) is 12.1 Å². The molecule has 1 aromatic heterocycles. The highest BCUT2D eigenvalue weighted by molar-refractivity contribution is 5.96. The van der Waals surface area contributed by atoms with Gasteiger partial charge in [-0.1, -0.05) is 109 Å². The SMILES string of the molecule is c1ccc(CN(Cc2ccccc2)c2ccc3c(c2)Oc2ccccc2C32Oc3ccccc3-c3[nH]c4ccccc4c32)cc1. The summed E-state index contributed by atoms with van der Waals surface area (Å²) in [7, 11) is 0. The average molecular weight is 583 g/mol. The lowest BCUT2D eigenvalue weighted by molar-refractivity contribution is 0.139. The Morgan fingerprint density at radius 3 is 1.96 bits per heavy atom. The molecular weight excluding hydrogens is 552 g/mol. The minimum absolute atomic E-state index is 0.771. The van der Waals surface area contributed by atoms with Crippen LogP contribution in [-0.4, -0.2) is 4.98 Å². The number of H-pyrrole nitrogens is 1. The van der Waals surface area contributed by atoms with E-state index >= 15 is 0 Å². The van der Waals surface area contributed by atoms with Gasteiger partial charge in [0.1, 0.15) is 17.2 Å². The third kappa shape index (κ3) is 4.06. The second kappa shape index (κ2) is 10.2. The predicted octanol–water partition coefficient (Wildman–Crippen LogP) is 9.83. The molecule has 45 heavy (non-hydrogen) atoms. The van der Waals surface area contributed by atoms with Crippen LogP contribution in [0, 0.1) is 0 Å². The molecule has 0 saturated heterocycles. The Labute approximate surface area is 262 Å². The van der Waals surface area contributed by atoms with E-state index in [1.165, 1.54) is 11.1 Å².